The molecule has 0 fully saturated rings. The number of rotatable bonds is 8. The Morgan fingerprint density at radius 1 is 1.21 bits per heavy atom. The summed E-state index contributed by atoms with van der Waals surface area (Å²) in [5.74, 6) is -0.578. The number of halogens is 1. The number of nitrogens with one attached hydrogen (secondary N) is 2. The Morgan fingerprint density at radius 2 is 1.79 bits per heavy atom. The lowest BCUT2D eigenvalue weighted by Crippen LogP contribution is -2.48. The minimum Gasteiger partial charge on any atom is -0.464 e. The van der Waals surface area contributed by atoms with E-state index in [1.807, 2.05) is 20.8 Å². The molecular weight excluding hydrogens is 268 g/mol. The van der Waals surface area contributed by atoms with E-state index in [9.17, 15) is 9.59 Å². The number of carbonyl (C=O) groups excluding carboxylic acids is 2. The first-order valence-corrected chi connectivity index (χ1v) is 6.59. The minimum absolute atomic E-state index is 0. The molecule has 0 heterocycles. The average molecular weight is 295 g/mol. The molecule has 0 aliphatic carbocycles. The average Bonchev–Trinajstić information content (AvgIpc) is 2.35. The first-order chi connectivity index (χ1) is 8.47. The highest BCUT2D eigenvalue weighted by Crippen LogP contribution is 2.10. The van der Waals surface area contributed by atoms with Gasteiger partial charge in [-0.05, 0) is 19.9 Å². The van der Waals surface area contributed by atoms with Gasteiger partial charge in [0.1, 0.15) is 6.04 Å². The molecule has 5 nitrogen and oxygen atoms in total. The zero-order valence-electron chi connectivity index (χ0n) is 12.5. The topological polar surface area (TPSA) is 67.4 Å². The van der Waals surface area contributed by atoms with E-state index in [-0.39, 0.29) is 36.1 Å². The molecule has 0 aromatic heterocycles. The summed E-state index contributed by atoms with van der Waals surface area (Å²) in [6, 6.07) is -0.554. The molecule has 0 saturated carbocycles. The molecule has 0 rings (SSSR count). The maximum Gasteiger partial charge on any atom is 0.328 e. The van der Waals surface area contributed by atoms with Crippen molar-refractivity contribution in [1.82, 2.24) is 10.6 Å². The molecule has 0 aliphatic heterocycles. The number of hydrogen-bond donors (Lipinski definition) is 2. The van der Waals surface area contributed by atoms with Crippen LogP contribution in [0.4, 0.5) is 0 Å². The molecule has 1 amide bonds. The van der Waals surface area contributed by atoms with E-state index in [2.05, 4.69) is 10.6 Å². The quantitative estimate of drug-likeness (QED) is 0.663. The zero-order valence-corrected chi connectivity index (χ0v) is 13.3. The van der Waals surface area contributed by atoms with Gasteiger partial charge in [-0.15, -0.1) is 12.4 Å². The second-order valence-corrected chi connectivity index (χ2v) is 4.58. The van der Waals surface area contributed by atoms with Gasteiger partial charge in [-0.1, -0.05) is 27.2 Å². The van der Waals surface area contributed by atoms with Gasteiger partial charge in [0.05, 0.1) is 6.61 Å². The van der Waals surface area contributed by atoms with Crippen molar-refractivity contribution in [3.63, 3.8) is 0 Å². The number of ether oxygens (including phenoxy) is 1. The van der Waals surface area contributed by atoms with E-state index >= 15 is 0 Å². The van der Waals surface area contributed by atoms with Crippen molar-refractivity contribution in [2.75, 3.05) is 20.2 Å². The van der Waals surface area contributed by atoms with Crippen LogP contribution in [0.25, 0.3) is 0 Å². The molecule has 0 aromatic carbocycles. The monoisotopic (exact) mass is 294 g/mol. The van der Waals surface area contributed by atoms with Gasteiger partial charge in [-0.3, -0.25) is 4.79 Å². The van der Waals surface area contributed by atoms with Gasteiger partial charge >= 0.3 is 5.97 Å². The number of carbonyl (C=O) groups is 2. The van der Waals surface area contributed by atoms with Crippen LogP contribution >= 0.6 is 12.4 Å². The Hall–Kier alpha value is -0.810. The van der Waals surface area contributed by atoms with E-state index in [0.717, 1.165) is 6.42 Å². The summed E-state index contributed by atoms with van der Waals surface area (Å²) in [5.41, 5.74) is 0. The van der Waals surface area contributed by atoms with Crippen LogP contribution in [0.1, 0.15) is 34.1 Å². The lowest BCUT2D eigenvalue weighted by Gasteiger charge is -2.24. The van der Waals surface area contributed by atoms with Crippen LogP contribution in [0, 0.1) is 11.8 Å². The third kappa shape index (κ3) is 7.38. The predicted molar refractivity (Wildman–Crippen MR) is 78.4 cm³/mol. The predicted octanol–water partition coefficient (Wildman–Crippen LogP) is 1.36. The standard InChI is InChI=1S/C13H26N2O3.ClH/c1-6-9(3)11(13(17)18-7-2)15-12(16)10(4)8-14-5;/h9-11,14H,6-8H2,1-5H3,(H,15,16);1H. The summed E-state index contributed by atoms with van der Waals surface area (Å²) in [6.07, 6.45) is 0.810. The van der Waals surface area contributed by atoms with E-state index in [1.54, 1.807) is 14.0 Å². The summed E-state index contributed by atoms with van der Waals surface area (Å²) in [7, 11) is 1.79. The SMILES string of the molecule is CCOC(=O)C(NC(=O)C(C)CNC)C(C)CC.Cl. The lowest BCUT2D eigenvalue weighted by molar-refractivity contribution is -0.149. The molecule has 3 atom stereocenters. The van der Waals surface area contributed by atoms with Gasteiger partial charge in [0, 0.05) is 12.5 Å². The summed E-state index contributed by atoms with van der Waals surface area (Å²) >= 11 is 0. The van der Waals surface area contributed by atoms with Crippen LogP contribution in [-0.4, -0.2) is 38.1 Å². The Bertz CT molecular complexity index is 275. The van der Waals surface area contributed by atoms with Crippen LogP contribution in [0.15, 0.2) is 0 Å². The maximum absolute atomic E-state index is 11.9. The van der Waals surface area contributed by atoms with Crippen LogP contribution < -0.4 is 10.6 Å². The molecule has 0 radical (unpaired) electrons. The first-order valence-electron chi connectivity index (χ1n) is 6.59. The van der Waals surface area contributed by atoms with E-state index in [0.29, 0.717) is 13.2 Å². The van der Waals surface area contributed by atoms with E-state index in [1.165, 1.54) is 0 Å². The molecule has 0 spiro atoms. The van der Waals surface area contributed by atoms with Crippen LogP contribution in [0.5, 0.6) is 0 Å². The molecule has 0 saturated heterocycles. The second-order valence-electron chi connectivity index (χ2n) is 4.58. The molecule has 19 heavy (non-hydrogen) atoms. The van der Waals surface area contributed by atoms with Crippen molar-refractivity contribution in [3.05, 3.63) is 0 Å². The van der Waals surface area contributed by atoms with Gasteiger partial charge < -0.3 is 15.4 Å². The fourth-order valence-corrected chi connectivity index (χ4v) is 1.60. The van der Waals surface area contributed by atoms with Gasteiger partial charge in [-0.2, -0.15) is 0 Å². The lowest BCUT2D eigenvalue weighted by atomic mass is 9.98. The van der Waals surface area contributed by atoms with Crippen LogP contribution in [0.3, 0.4) is 0 Å². The van der Waals surface area contributed by atoms with Crippen molar-refractivity contribution < 1.29 is 14.3 Å². The molecule has 0 aliphatic rings. The molecule has 2 N–H and O–H groups in total. The van der Waals surface area contributed by atoms with Gasteiger partial charge in [0.15, 0.2) is 0 Å². The number of esters is 1. The molecule has 0 aromatic rings. The van der Waals surface area contributed by atoms with Crippen molar-refractivity contribution in [2.45, 2.75) is 40.2 Å². The summed E-state index contributed by atoms with van der Waals surface area (Å²) in [4.78, 5) is 23.7. The van der Waals surface area contributed by atoms with E-state index in [4.69, 9.17) is 4.74 Å². The third-order valence-corrected chi connectivity index (χ3v) is 3.01. The Kier molecular flexibility index (Phi) is 11.9. The highest BCUT2D eigenvalue weighted by Gasteiger charge is 2.28. The zero-order chi connectivity index (χ0) is 14.1. The summed E-state index contributed by atoms with van der Waals surface area (Å²) in [5, 5.41) is 5.73. The highest BCUT2D eigenvalue weighted by molar-refractivity contribution is 5.86. The second kappa shape index (κ2) is 11.1. The third-order valence-electron chi connectivity index (χ3n) is 3.01. The Balaban J connectivity index is 0. The minimum atomic E-state index is -0.554. The number of amides is 1. The smallest absolute Gasteiger partial charge is 0.328 e. The Morgan fingerprint density at radius 3 is 2.21 bits per heavy atom. The molecule has 114 valence electrons. The van der Waals surface area contributed by atoms with Crippen molar-refractivity contribution in [1.29, 1.82) is 0 Å². The normalized spacial score (nSPS) is 14.8. The van der Waals surface area contributed by atoms with Crippen molar-refractivity contribution in [2.24, 2.45) is 11.8 Å². The van der Waals surface area contributed by atoms with Gasteiger partial charge in [0.2, 0.25) is 5.91 Å². The van der Waals surface area contributed by atoms with E-state index < -0.39 is 6.04 Å². The maximum atomic E-state index is 11.9. The molecule has 6 heteroatoms. The molecule has 0 bridgehead atoms. The summed E-state index contributed by atoms with van der Waals surface area (Å²) in [6.45, 7) is 8.42. The van der Waals surface area contributed by atoms with Gasteiger partial charge in [0.25, 0.3) is 0 Å². The Labute approximate surface area is 122 Å². The number of hydrogen-bond acceptors (Lipinski definition) is 4. The van der Waals surface area contributed by atoms with Crippen molar-refractivity contribution >= 4 is 24.3 Å². The summed E-state index contributed by atoms with van der Waals surface area (Å²) < 4.78 is 5.00. The first kappa shape index (κ1) is 20.5. The molecule has 3 unspecified atom stereocenters. The van der Waals surface area contributed by atoms with Crippen LogP contribution in [0.2, 0.25) is 0 Å². The molecular formula is C13H27ClN2O3. The largest absolute Gasteiger partial charge is 0.464 e. The van der Waals surface area contributed by atoms with Crippen molar-refractivity contribution in [3.8, 4) is 0 Å². The van der Waals surface area contributed by atoms with Crippen LogP contribution in [-0.2, 0) is 14.3 Å². The van der Waals surface area contributed by atoms with Gasteiger partial charge in [-0.25, -0.2) is 4.79 Å². The fraction of sp³-hybridized carbons (Fsp3) is 0.846. The fourth-order valence-electron chi connectivity index (χ4n) is 1.60. The highest BCUT2D eigenvalue weighted by atomic mass is 35.5.